The molecule has 0 radical (unpaired) electrons. The molecule has 5 nitrogen and oxygen atoms in total. The molecular weight excluding hydrogens is 226 g/mol. The summed E-state index contributed by atoms with van der Waals surface area (Å²) in [6.45, 7) is 4.37. The van der Waals surface area contributed by atoms with Gasteiger partial charge in [-0.1, -0.05) is 6.58 Å². The predicted octanol–water partition coefficient (Wildman–Crippen LogP) is 2.06. The Morgan fingerprint density at radius 2 is 2.22 bits per heavy atom. The fraction of sp³-hybridized carbons (Fsp3) is 0.231. The molecule has 0 unspecified atom stereocenters. The molecule has 0 aromatic carbocycles. The number of hydrogen-bond acceptors (Lipinski definition) is 4. The van der Waals surface area contributed by atoms with Gasteiger partial charge in [0, 0.05) is 38.6 Å². The normalized spacial score (nSPS) is 10.1. The summed E-state index contributed by atoms with van der Waals surface area (Å²) in [6, 6.07) is 4.00. The number of nitrogens with zero attached hydrogens (tertiary/aromatic N) is 4. The number of pyridine rings is 1. The van der Waals surface area contributed by atoms with Gasteiger partial charge in [0.25, 0.3) is 0 Å². The SMILES string of the molecule is C=Cn1cc(CNc2ccc(N(C)C)nc2)cn1. The monoisotopic (exact) mass is 243 g/mol. The van der Waals surface area contributed by atoms with Crippen LogP contribution in [0.5, 0.6) is 0 Å². The van der Waals surface area contributed by atoms with Crippen molar-refractivity contribution in [2.75, 3.05) is 24.3 Å². The van der Waals surface area contributed by atoms with Gasteiger partial charge < -0.3 is 10.2 Å². The topological polar surface area (TPSA) is 46.0 Å². The van der Waals surface area contributed by atoms with E-state index >= 15 is 0 Å². The molecule has 0 saturated heterocycles. The highest BCUT2D eigenvalue weighted by Gasteiger charge is 1.99. The van der Waals surface area contributed by atoms with Crippen LogP contribution in [0.15, 0.2) is 37.3 Å². The second-order valence-corrected chi connectivity index (χ2v) is 4.16. The summed E-state index contributed by atoms with van der Waals surface area (Å²) in [4.78, 5) is 6.31. The fourth-order valence-corrected chi connectivity index (χ4v) is 1.53. The highest BCUT2D eigenvalue weighted by Crippen LogP contribution is 2.12. The van der Waals surface area contributed by atoms with Crippen LogP contribution in [0, 0.1) is 0 Å². The largest absolute Gasteiger partial charge is 0.380 e. The fourth-order valence-electron chi connectivity index (χ4n) is 1.53. The van der Waals surface area contributed by atoms with E-state index in [0.717, 1.165) is 23.6 Å². The van der Waals surface area contributed by atoms with Gasteiger partial charge in [-0.05, 0) is 12.1 Å². The molecule has 2 rings (SSSR count). The highest BCUT2D eigenvalue weighted by molar-refractivity contribution is 5.48. The first-order valence-electron chi connectivity index (χ1n) is 5.72. The predicted molar refractivity (Wildman–Crippen MR) is 74.5 cm³/mol. The molecule has 0 amide bonds. The maximum absolute atomic E-state index is 4.34. The summed E-state index contributed by atoms with van der Waals surface area (Å²) in [5, 5.41) is 7.42. The van der Waals surface area contributed by atoms with Crippen LogP contribution < -0.4 is 10.2 Å². The van der Waals surface area contributed by atoms with Crippen molar-refractivity contribution >= 4 is 17.7 Å². The zero-order valence-electron chi connectivity index (χ0n) is 10.7. The molecule has 94 valence electrons. The lowest BCUT2D eigenvalue weighted by Gasteiger charge is -2.11. The van der Waals surface area contributed by atoms with Gasteiger partial charge in [0.15, 0.2) is 0 Å². The second-order valence-electron chi connectivity index (χ2n) is 4.16. The number of hydrogen-bond donors (Lipinski definition) is 1. The van der Waals surface area contributed by atoms with Gasteiger partial charge in [0.2, 0.25) is 0 Å². The van der Waals surface area contributed by atoms with Crippen LogP contribution in [0.3, 0.4) is 0 Å². The van der Waals surface area contributed by atoms with Crippen molar-refractivity contribution in [3.05, 3.63) is 42.9 Å². The van der Waals surface area contributed by atoms with Crippen LogP contribution in [0.1, 0.15) is 5.56 Å². The van der Waals surface area contributed by atoms with E-state index in [-0.39, 0.29) is 0 Å². The van der Waals surface area contributed by atoms with Gasteiger partial charge >= 0.3 is 0 Å². The first-order chi connectivity index (χ1) is 8.69. The lowest BCUT2D eigenvalue weighted by molar-refractivity contribution is 0.936. The second kappa shape index (κ2) is 5.35. The van der Waals surface area contributed by atoms with E-state index in [1.165, 1.54) is 0 Å². The van der Waals surface area contributed by atoms with Crippen molar-refractivity contribution in [1.29, 1.82) is 0 Å². The number of nitrogens with one attached hydrogen (secondary N) is 1. The maximum atomic E-state index is 4.34. The van der Waals surface area contributed by atoms with E-state index in [0.29, 0.717) is 0 Å². The average Bonchev–Trinajstić information content (AvgIpc) is 2.85. The van der Waals surface area contributed by atoms with Crippen LogP contribution in [-0.4, -0.2) is 28.9 Å². The third kappa shape index (κ3) is 2.88. The van der Waals surface area contributed by atoms with Crippen molar-refractivity contribution in [3.8, 4) is 0 Å². The van der Waals surface area contributed by atoms with Crippen molar-refractivity contribution in [2.24, 2.45) is 0 Å². The van der Waals surface area contributed by atoms with Crippen molar-refractivity contribution < 1.29 is 0 Å². The van der Waals surface area contributed by atoms with Crippen LogP contribution >= 0.6 is 0 Å². The number of aromatic nitrogens is 3. The smallest absolute Gasteiger partial charge is 0.128 e. The minimum absolute atomic E-state index is 0.719. The lowest BCUT2D eigenvalue weighted by Crippen LogP contribution is -2.10. The molecule has 0 fully saturated rings. The Bertz CT molecular complexity index is 512. The van der Waals surface area contributed by atoms with Gasteiger partial charge in [-0.25, -0.2) is 9.67 Å². The van der Waals surface area contributed by atoms with E-state index in [1.54, 1.807) is 10.9 Å². The highest BCUT2D eigenvalue weighted by atomic mass is 15.2. The minimum Gasteiger partial charge on any atom is -0.380 e. The van der Waals surface area contributed by atoms with E-state index < -0.39 is 0 Å². The van der Waals surface area contributed by atoms with Gasteiger partial charge in [-0.15, -0.1) is 0 Å². The van der Waals surface area contributed by atoms with Gasteiger partial charge in [-0.3, -0.25) is 0 Å². The van der Waals surface area contributed by atoms with Crippen LogP contribution in [0.4, 0.5) is 11.5 Å². The third-order valence-electron chi connectivity index (χ3n) is 2.54. The molecule has 1 N–H and O–H groups in total. The Morgan fingerprint density at radius 3 is 2.78 bits per heavy atom. The average molecular weight is 243 g/mol. The van der Waals surface area contributed by atoms with Gasteiger partial charge in [0.1, 0.15) is 5.82 Å². The van der Waals surface area contributed by atoms with Crippen molar-refractivity contribution in [1.82, 2.24) is 14.8 Å². The van der Waals surface area contributed by atoms with E-state index in [9.17, 15) is 0 Å². The lowest BCUT2D eigenvalue weighted by atomic mass is 10.3. The molecule has 0 saturated carbocycles. The molecule has 0 bridgehead atoms. The van der Waals surface area contributed by atoms with E-state index in [1.807, 2.05) is 49.7 Å². The Kier molecular flexibility index (Phi) is 3.62. The number of anilines is 2. The van der Waals surface area contributed by atoms with E-state index in [2.05, 4.69) is 22.0 Å². The van der Waals surface area contributed by atoms with Gasteiger partial charge in [-0.2, -0.15) is 5.10 Å². The quantitative estimate of drug-likeness (QED) is 0.873. The molecule has 0 aliphatic rings. The first kappa shape index (κ1) is 12.2. The zero-order valence-corrected chi connectivity index (χ0v) is 10.7. The molecule has 0 spiro atoms. The van der Waals surface area contributed by atoms with Crippen molar-refractivity contribution in [2.45, 2.75) is 6.54 Å². The summed E-state index contributed by atoms with van der Waals surface area (Å²) in [7, 11) is 3.94. The summed E-state index contributed by atoms with van der Waals surface area (Å²) in [5.74, 6) is 0.944. The molecule has 2 aromatic heterocycles. The van der Waals surface area contributed by atoms with E-state index in [4.69, 9.17) is 0 Å². The summed E-state index contributed by atoms with van der Waals surface area (Å²) in [5.41, 5.74) is 2.10. The molecule has 5 heteroatoms. The molecule has 2 aromatic rings. The maximum Gasteiger partial charge on any atom is 0.128 e. The summed E-state index contributed by atoms with van der Waals surface area (Å²) < 4.78 is 1.68. The Balaban J connectivity index is 1.95. The van der Waals surface area contributed by atoms with Crippen LogP contribution in [0.2, 0.25) is 0 Å². The first-order valence-corrected chi connectivity index (χ1v) is 5.72. The summed E-state index contributed by atoms with van der Waals surface area (Å²) >= 11 is 0. The molecule has 0 aliphatic carbocycles. The molecule has 0 atom stereocenters. The molecule has 0 aliphatic heterocycles. The Morgan fingerprint density at radius 1 is 1.39 bits per heavy atom. The van der Waals surface area contributed by atoms with Gasteiger partial charge in [0.05, 0.1) is 18.1 Å². The zero-order chi connectivity index (χ0) is 13.0. The summed E-state index contributed by atoms with van der Waals surface area (Å²) in [6.07, 6.45) is 7.24. The Hall–Kier alpha value is -2.30. The molecular formula is C13H17N5. The Labute approximate surface area is 107 Å². The van der Waals surface area contributed by atoms with Crippen LogP contribution in [0.25, 0.3) is 6.20 Å². The molecule has 2 heterocycles. The number of rotatable bonds is 5. The standard InChI is InChI=1S/C13H17N5/c1-4-18-10-11(8-16-18)7-14-12-5-6-13(15-9-12)17(2)3/h4-6,8-10,14H,1,7H2,2-3H3. The molecule has 18 heavy (non-hydrogen) atoms. The minimum atomic E-state index is 0.719. The van der Waals surface area contributed by atoms with Crippen molar-refractivity contribution in [3.63, 3.8) is 0 Å². The van der Waals surface area contributed by atoms with Crippen LogP contribution in [-0.2, 0) is 6.54 Å². The third-order valence-corrected chi connectivity index (χ3v) is 2.54.